The lowest BCUT2D eigenvalue weighted by Gasteiger charge is -2.06. The van der Waals surface area contributed by atoms with Gasteiger partial charge in [-0.2, -0.15) is 0 Å². The Bertz CT molecular complexity index is 684. The molecule has 2 N–H and O–H groups in total. The van der Waals surface area contributed by atoms with Crippen LogP contribution in [0.4, 0.5) is 5.69 Å². The molecule has 0 radical (unpaired) electrons. The predicted molar refractivity (Wildman–Crippen MR) is 80.4 cm³/mol. The number of hydrogen-bond donors (Lipinski definition) is 2. The van der Waals surface area contributed by atoms with E-state index in [0.29, 0.717) is 5.69 Å². The zero-order valence-corrected chi connectivity index (χ0v) is 12.5. The van der Waals surface area contributed by atoms with Crippen molar-refractivity contribution >= 4 is 34.8 Å². The fourth-order valence-corrected chi connectivity index (χ4v) is 2.36. The number of esters is 1. The lowest BCUT2D eigenvalue weighted by molar-refractivity contribution is -0.136. The van der Waals surface area contributed by atoms with Gasteiger partial charge in [0.05, 0.1) is 25.0 Å². The van der Waals surface area contributed by atoms with E-state index < -0.39 is 17.8 Å². The molecule has 2 rings (SSSR count). The second kappa shape index (κ2) is 7.32. The van der Waals surface area contributed by atoms with E-state index in [1.165, 1.54) is 13.2 Å². The average Bonchev–Trinajstić information content (AvgIpc) is 3.00. The van der Waals surface area contributed by atoms with Gasteiger partial charge in [0.15, 0.2) is 0 Å². The molecule has 0 spiro atoms. The summed E-state index contributed by atoms with van der Waals surface area (Å²) in [6, 6.07) is 6.79. The molecule has 2 aromatic heterocycles. The number of thiophene rings is 1. The summed E-state index contributed by atoms with van der Waals surface area (Å²) in [5.41, 5.74) is 0.879. The van der Waals surface area contributed by atoms with E-state index in [0.717, 1.165) is 11.3 Å². The number of nitrogens with one attached hydrogen (secondary N) is 2. The van der Waals surface area contributed by atoms with Crippen LogP contribution in [0, 0.1) is 0 Å². The summed E-state index contributed by atoms with van der Waals surface area (Å²) in [6.45, 7) is 0.139. The highest BCUT2D eigenvalue weighted by molar-refractivity contribution is 7.12. The number of carbonyl (C=O) groups is 3. The van der Waals surface area contributed by atoms with Crippen LogP contribution in [0.2, 0.25) is 0 Å². The Morgan fingerprint density at radius 2 is 2.05 bits per heavy atom. The van der Waals surface area contributed by atoms with Crippen molar-refractivity contribution in [1.29, 1.82) is 0 Å². The summed E-state index contributed by atoms with van der Waals surface area (Å²) >= 11 is 1.12. The molecule has 0 aromatic carbocycles. The summed E-state index contributed by atoms with van der Waals surface area (Å²) in [7, 11) is 1.24. The van der Waals surface area contributed by atoms with Gasteiger partial charge in [-0.1, -0.05) is 6.07 Å². The van der Waals surface area contributed by atoms with Crippen molar-refractivity contribution < 1.29 is 19.1 Å². The van der Waals surface area contributed by atoms with Crippen molar-refractivity contribution in [3.8, 4) is 0 Å². The highest BCUT2D eigenvalue weighted by Crippen LogP contribution is 2.22. The van der Waals surface area contributed by atoms with Gasteiger partial charge in [-0.25, -0.2) is 4.79 Å². The number of carbonyl (C=O) groups excluding carboxylic acids is 3. The number of hydrogen-bond acceptors (Lipinski definition) is 6. The van der Waals surface area contributed by atoms with E-state index in [4.69, 9.17) is 0 Å². The second-order valence-corrected chi connectivity index (χ2v) is 5.03. The molecule has 0 aliphatic heterocycles. The van der Waals surface area contributed by atoms with Gasteiger partial charge < -0.3 is 15.4 Å². The normalized spacial score (nSPS) is 9.86. The smallest absolute Gasteiger partial charge is 0.350 e. The van der Waals surface area contributed by atoms with Crippen molar-refractivity contribution in [3.63, 3.8) is 0 Å². The van der Waals surface area contributed by atoms with E-state index in [9.17, 15) is 14.4 Å². The molecule has 0 unspecified atom stereocenters. The number of pyridine rings is 1. The number of ether oxygens (including phenoxy) is 1. The van der Waals surface area contributed by atoms with Crippen LogP contribution in [0.15, 0.2) is 35.8 Å². The van der Waals surface area contributed by atoms with Crippen LogP contribution in [0.25, 0.3) is 0 Å². The molecule has 0 aliphatic carbocycles. The molecule has 0 bridgehead atoms. The fourth-order valence-electron chi connectivity index (χ4n) is 1.59. The Labute approximate surface area is 130 Å². The van der Waals surface area contributed by atoms with E-state index in [1.807, 2.05) is 0 Å². The SMILES string of the molecule is COC(=O)c1sccc1NC(=O)C(=O)NCc1ccccn1. The Kier molecular flexibility index (Phi) is 5.21. The van der Waals surface area contributed by atoms with Gasteiger partial charge >= 0.3 is 17.8 Å². The summed E-state index contributed by atoms with van der Waals surface area (Å²) in [6.07, 6.45) is 1.59. The number of anilines is 1. The zero-order chi connectivity index (χ0) is 15.9. The lowest BCUT2D eigenvalue weighted by atomic mass is 10.3. The topological polar surface area (TPSA) is 97.4 Å². The van der Waals surface area contributed by atoms with Crippen LogP contribution in [0.3, 0.4) is 0 Å². The van der Waals surface area contributed by atoms with Crippen LogP contribution >= 0.6 is 11.3 Å². The summed E-state index contributed by atoms with van der Waals surface area (Å²) < 4.78 is 4.59. The van der Waals surface area contributed by atoms with Gasteiger partial charge in [-0.3, -0.25) is 14.6 Å². The third-order valence-electron chi connectivity index (χ3n) is 2.65. The first kappa shape index (κ1) is 15.6. The Morgan fingerprint density at radius 1 is 1.23 bits per heavy atom. The molecule has 2 heterocycles. The molecule has 2 amide bonds. The highest BCUT2D eigenvalue weighted by Gasteiger charge is 2.19. The highest BCUT2D eigenvalue weighted by atomic mass is 32.1. The summed E-state index contributed by atoms with van der Waals surface area (Å²) in [5, 5.41) is 6.45. The Balaban J connectivity index is 1.93. The van der Waals surface area contributed by atoms with Crippen molar-refractivity contribution in [2.75, 3.05) is 12.4 Å². The number of aromatic nitrogens is 1. The van der Waals surface area contributed by atoms with Crippen molar-refractivity contribution in [2.24, 2.45) is 0 Å². The van der Waals surface area contributed by atoms with E-state index in [-0.39, 0.29) is 17.1 Å². The van der Waals surface area contributed by atoms with Gasteiger partial charge in [-0.05, 0) is 23.6 Å². The third-order valence-corrected chi connectivity index (χ3v) is 3.54. The number of amides is 2. The van der Waals surface area contributed by atoms with Crippen LogP contribution in [-0.4, -0.2) is 29.9 Å². The molecular weight excluding hydrogens is 306 g/mol. The molecule has 0 fully saturated rings. The minimum absolute atomic E-state index is 0.139. The van der Waals surface area contributed by atoms with E-state index in [2.05, 4.69) is 20.4 Å². The molecule has 7 nitrogen and oxygen atoms in total. The van der Waals surface area contributed by atoms with Crippen LogP contribution in [-0.2, 0) is 20.9 Å². The maximum Gasteiger partial charge on any atom is 0.350 e. The van der Waals surface area contributed by atoms with Gasteiger partial charge in [0.25, 0.3) is 0 Å². The molecule has 2 aromatic rings. The van der Waals surface area contributed by atoms with Crippen molar-refractivity contribution in [3.05, 3.63) is 46.4 Å². The zero-order valence-electron chi connectivity index (χ0n) is 11.7. The monoisotopic (exact) mass is 319 g/mol. The largest absolute Gasteiger partial charge is 0.465 e. The lowest BCUT2D eigenvalue weighted by Crippen LogP contribution is -2.35. The number of methoxy groups -OCH3 is 1. The molecule has 114 valence electrons. The summed E-state index contributed by atoms with van der Waals surface area (Å²) in [5.74, 6) is -2.24. The molecule has 22 heavy (non-hydrogen) atoms. The number of nitrogens with zero attached hydrogens (tertiary/aromatic N) is 1. The van der Waals surface area contributed by atoms with Crippen molar-refractivity contribution in [2.45, 2.75) is 6.54 Å². The minimum atomic E-state index is -0.862. The quantitative estimate of drug-likeness (QED) is 0.651. The molecule has 0 atom stereocenters. The Morgan fingerprint density at radius 3 is 2.73 bits per heavy atom. The van der Waals surface area contributed by atoms with Gasteiger partial charge in [0.2, 0.25) is 0 Å². The van der Waals surface area contributed by atoms with E-state index >= 15 is 0 Å². The summed E-state index contributed by atoms with van der Waals surface area (Å²) in [4.78, 5) is 39.3. The van der Waals surface area contributed by atoms with Crippen LogP contribution < -0.4 is 10.6 Å². The standard InChI is InChI=1S/C14H13N3O4S/c1-21-14(20)11-10(5-7-22-11)17-13(19)12(18)16-8-9-4-2-3-6-15-9/h2-7H,8H2,1H3,(H,16,18)(H,17,19). The van der Waals surface area contributed by atoms with Gasteiger partial charge in [0, 0.05) is 6.20 Å². The molecule has 8 heteroatoms. The van der Waals surface area contributed by atoms with Gasteiger partial charge in [-0.15, -0.1) is 11.3 Å². The van der Waals surface area contributed by atoms with Crippen molar-refractivity contribution in [1.82, 2.24) is 10.3 Å². The predicted octanol–water partition coefficient (Wildman–Crippen LogP) is 1.18. The first-order valence-electron chi connectivity index (χ1n) is 6.26. The molecule has 0 saturated heterocycles. The number of rotatable bonds is 4. The van der Waals surface area contributed by atoms with Crippen LogP contribution in [0.5, 0.6) is 0 Å². The third kappa shape index (κ3) is 3.89. The maximum atomic E-state index is 11.8. The molecule has 0 saturated carbocycles. The first-order chi connectivity index (χ1) is 10.6. The average molecular weight is 319 g/mol. The fraction of sp³-hybridized carbons (Fsp3) is 0.143. The maximum absolute atomic E-state index is 11.8. The minimum Gasteiger partial charge on any atom is -0.465 e. The Hall–Kier alpha value is -2.74. The van der Waals surface area contributed by atoms with Gasteiger partial charge in [0.1, 0.15) is 4.88 Å². The van der Waals surface area contributed by atoms with Crippen LogP contribution in [0.1, 0.15) is 15.4 Å². The first-order valence-corrected chi connectivity index (χ1v) is 7.14. The van der Waals surface area contributed by atoms with E-state index in [1.54, 1.807) is 29.8 Å². The molecule has 0 aliphatic rings. The second-order valence-electron chi connectivity index (χ2n) is 4.11. The molecular formula is C14H13N3O4S.